The number of H-pyrrole nitrogens is 1. The Morgan fingerprint density at radius 2 is 2.00 bits per heavy atom. The molecule has 0 unspecified atom stereocenters. The quantitative estimate of drug-likeness (QED) is 0.489. The molecule has 0 spiro atoms. The summed E-state index contributed by atoms with van der Waals surface area (Å²) in [6, 6.07) is 7.00. The highest BCUT2D eigenvalue weighted by Crippen LogP contribution is 2.37. The Morgan fingerprint density at radius 1 is 1.26 bits per heavy atom. The highest BCUT2D eigenvalue weighted by atomic mass is 35.5. The molecular formula is C16H15ClN4O5S. The molecule has 27 heavy (non-hydrogen) atoms. The molecule has 3 heterocycles. The maximum Gasteiger partial charge on any atom is 0.278 e. The molecule has 1 saturated heterocycles. The second-order valence-electron chi connectivity index (χ2n) is 5.95. The first-order valence-electron chi connectivity index (χ1n) is 8.01. The van der Waals surface area contributed by atoms with E-state index in [0.29, 0.717) is 10.2 Å². The van der Waals surface area contributed by atoms with Crippen LogP contribution in [0.1, 0.15) is 6.23 Å². The van der Waals surface area contributed by atoms with E-state index in [4.69, 9.17) is 16.3 Å². The molecule has 0 amide bonds. The van der Waals surface area contributed by atoms with E-state index in [9.17, 15) is 20.1 Å². The third-order valence-corrected chi connectivity index (χ3v) is 5.48. The second-order valence-corrected chi connectivity index (χ2v) is 7.43. The third-order valence-electron chi connectivity index (χ3n) is 4.25. The van der Waals surface area contributed by atoms with Crippen LogP contribution in [0.2, 0.25) is 5.02 Å². The van der Waals surface area contributed by atoms with Crippen molar-refractivity contribution in [1.82, 2.24) is 19.5 Å². The SMILES string of the molecule is O=c1[nH]cnc2c1nc(Sc1ccc(Cl)cc1)n2[C@@H]1O[C@H](CO)[C@@H](O)[C@H]1O. The van der Waals surface area contributed by atoms with Gasteiger partial charge in [-0.3, -0.25) is 9.36 Å². The molecule has 0 saturated carbocycles. The van der Waals surface area contributed by atoms with E-state index in [1.54, 1.807) is 24.3 Å². The van der Waals surface area contributed by atoms with Gasteiger partial charge in [-0.15, -0.1) is 0 Å². The Bertz CT molecular complexity index is 1020. The lowest BCUT2D eigenvalue weighted by Crippen LogP contribution is -2.33. The van der Waals surface area contributed by atoms with Gasteiger partial charge >= 0.3 is 0 Å². The summed E-state index contributed by atoms with van der Waals surface area (Å²) >= 11 is 7.13. The van der Waals surface area contributed by atoms with Crippen LogP contribution in [0.15, 0.2) is 45.4 Å². The summed E-state index contributed by atoms with van der Waals surface area (Å²) < 4.78 is 7.06. The molecule has 0 radical (unpaired) electrons. The average molecular weight is 411 g/mol. The molecule has 4 rings (SSSR count). The van der Waals surface area contributed by atoms with E-state index in [-0.39, 0.29) is 11.2 Å². The van der Waals surface area contributed by atoms with Gasteiger partial charge in [0.15, 0.2) is 22.5 Å². The molecule has 1 fully saturated rings. The molecule has 0 aliphatic carbocycles. The fraction of sp³-hybridized carbons (Fsp3) is 0.312. The van der Waals surface area contributed by atoms with Crippen molar-refractivity contribution in [1.29, 1.82) is 0 Å². The van der Waals surface area contributed by atoms with Crippen molar-refractivity contribution in [2.24, 2.45) is 0 Å². The van der Waals surface area contributed by atoms with Crippen molar-refractivity contribution < 1.29 is 20.1 Å². The van der Waals surface area contributed by atoms with Crippen LogP contribution in [0.4, 0.5) is 0 Å². The predicted molar refractivity (Wildman–Crippen MR) is 96.7 cm³/mol. The van der Waals surface area contributed by atoms with Crippen molar-refractivity contribution in [2.45, 2.75) is 34.6 Å². The standard InChI is InChI=1S/C16H15ClN4O5S/c17-7-1-3-8(4-2-7)27-16-20-10-13(18-6-19-14(10)25)21(16)15-12(24)11(23)9(5-22)26-15/h1-4,6,9,11-12,15,22-24H,5H2,(H,18,19,25)/t9-,11-,12-,15-/m1/s1. The van der Waals surface area contributed by atoms with Crippen molar-refractivity contribution in [3.8, 4) is 0 Å². The van der Waals surface area contributed by atoms with Crippen LogP contribution in [0.5, 0.6) is 0 Å². The zero-order valence-electron chi connectivity index (χ0n) is 13.7. The summed E-state index contributed by atoms with van der Waals surface area (Å²) in [4.78, 5) is 23.9. The normalized spacial score (nSPS) is 25.3. The Kier molecular flexibility index (Phi) is 4.93. The van der Waals surface area contributed by atoms with Gasteiger partial charge in [0.2, 0.25) is 0 Å². The van der Waals surface area contributed by atoms with Gasteiger partial charge < -0.3 is 25.0 Å². The molecular weight excluding hydrogens is 396 g/mol. The first-order chi connectivity index (χ1) is 13.0. The Labute approximate surface area is 161 Å². The number of hydrogen-bond donors (Lipinski definition) is 4. The molecule has 3 aromatic rings. The van der Waals surface area contributed by atoms with Gasteiger partial charge in [-0.1, -0.05) is 23.4 Å². The van der Waals surface area contributed by atoms with Crippen molar-refractivity contribution in [2.75, 3.05) is 6.61 Å². The van der Waals surface area contributed by atoms with Gasteiger partial charge in [0.25, 0.3) is 5.56 Å². The number of aromatic amines is 1. The van der Waals surface area contributed by atoms with Crippen LogP contribution in [0, 0.1) is 0 Å². The van der Waals surface area contributed by atoms with E-state index >= 15 is 0 Å². The van der Waals surface area contributed by atoms with Crippen molar-refractivity contribution in [3.05, 3.63) is 46.0 Å². The number of aromatic nitrogens is 4. The lowest BCUT2D eigenvalue weighted by Gasteiger charge is -2.19. The first-order valence-corrected chi connectivity index (χ1v) is 9.20. The number of nitrogens with zero attached hydrogens (tertiary/aromatic N) is 3. The first kappa shape index (κ1) is 18.4. The largest absolute Gasteiger partial charge is 0.394 e. The smallest absolute Gasteiger partial charge is 0.278 e. The minimum absolute atomic E-state index is 0.0756. The summed E-state index contributed by atoms with van der Waals surface area (Å²) in [6.45, 7) is -0.463. The minimum Gasteiger partial charge on any atom is -0.394 e. The second kappa shape index (κ2) is 7.23. The third kappa shape index (κ3) is 3.24. The summed E-state index contributed by atoms with van der Waals surface area (Å²) in [6.07, 6.45) is -3.41. The van der Waals surface area contributed by atoms with Crippen LogP contribution < -0.4 is 5.56 Å². The van der Waals surface area contributed by atoms with Gasteiger partial charge in [0, 0.05) is 9.92 Å². The molecule has 1 aliphatic heterocycles. The summed E-state index contributed by atoms with van der Waals surface area (Å²) in [5.41, 5.74) is -0.166. The maximum atomic E-state index is 12.1. The fourth-order valence-electron chi connectivity index (χ4n) is 2.90. The van der Waals surface area contributed by atoms with Crippen molar-refractivity contribution >= 4 is 34.5 Å². The lowest BCUT2D eigenvalue weighted by atomic mass is 10.1. The van der Waals surface area contributed by atoms with E-state index in [1.165, 1.54) is 22.7 Å². The van der Waals surface area contributed by atoms with Gasteiger partial charge in [0.1, 0.15) is 18.3 Å². The van der Waals surface area contributed by atoms with Gasteiger partial charge in [-0.2, -0.15) is 0 Å². The molecule has 11 heteroatoms. The Balaban J connectivity index is 1.83. The maximum absolute atomic E-state index is 12.1. The van der Waals surface area contributed by atoms with Crippen LogP contribution in [-0.4, -0.2) is 59.8 Å². The summed E-state index contributed by atoms with van der Waals surface area (Å²) in [5, 5.41) is 30.8. The van der Waals surface area contributed by atoms with Crippen LogP contribution in [0.25, 0.3) is 11.2 Å². The van der Waals surface area contributed by atoms with Gasteiger partial charge in [-0.05, 0) is 24.3 Å². The minimum atomic E-state index is -1.33. The van der Waals surface area contributed by atoms with Gasteiger partial charge in [0.05, 0.1) is 12.9 Å². The predicted octanol–water partition coefficient (Wildman–Crippen LogP) is 0.536. The summed E-state index contributed by atoms with van der Waals surface area (Å²) in [7, 11) is 0. The molecule has 0 bridgehead atoms. The zero-order chi connectivity index (χ0) is 19.1. The molecule has 9 nitrogen and oxygen atoms in total. The molecule has 142 valence electrons. The molecule has 1 aliphatic rings. The number of benzene rings is 1. The van der Waals surface area contributed by atoms with E-state index < -0.39 is 36.7 Å². The van der Waals surface area contributed by atoms with E-state index in [2.05, 4.69) is 15.0 Å². The molecule has 4 N–H and O–H groups in total. The highest BCUT2D eigenvalue weighted by Gasteiger charge is 2.45. The van der Waals surface area contributed by atoms with Crippen LogP contribution in [0.3, 0.4) is 0 Å². The summed E-state index contributed by atoms with van der Waals surface area (Å²) in [5.74, 6) is 0. The number of halogens is 1. The highest BCUT2D eigenvalue weighted by molar-refractivity contribution is 7.99. The Morgan fingerprint density at radius 3 is 2.67 bits per heavy atom. The number of rotatable bonds is 4. The van der Waals surface area contributed by atoms with E-state index in [1.807, 2.05) is 0 Å². The number of fused-ring (bicyclic) bond motifs is 1. The van der Waals surface area contributed by atoms with Crippen LogP contribution in [-0.2, 0) is 4.74 Å². The van der Waals surface area contributed by atoms with Crippen molar-refractivity contribution in [3.63, 3.8) is 0 Å². The molecule has 4 atom stereocenters. The fourth-order valence-corrected chi connectivity index (χ4v) is 3.94. The van der Waals surface area contributed by atoms with E-state index in [0.717, 1.165) is 4.90 Å². The number of aliphatic hydroxyl groups is 3. The number of aliphatic hydroxyl groups excluding tert-OH is 3. The number of nitrogens with one attached hydrogen (secondary N) is 1. The zero-order valence-corrected chi connectivity index (χ0v) is 15.3. The van der Waals surface area contributed by atoms with Crippen LogP contribution >= 0.6 is 23.4 Å². The molecule has 2 aromatic heterocycles. The number of imidazole rings is 1. The average Bonchev–Trinajstić information content (AvgIpc) is 3.16. The number of ether oxygens (including phenoxy) is 1. The lowest BCUT2D eigenvalue weighted by molar-refractivity contribution is -0.0548. The Hall–Kier alpha value is -1.95. The topological polar surface area (TPSA) is 133 Å². The number of hydrogen-bond acceptors (Lipinski definition) is 8. The molecule has 1 aromatic carbocycles. The monoisotopic (exact) mass is 410 g/mol. The van der Waals surface area contributed by atoms with Gasteiger partial charge in [-0.25, -0.2) is 9.97 Å².